The number of aryl methyl sites for hydroxylation is 1. The Morgan fingerprint density at radius 1 is 1.24 bits per heavy atom. The summed E-state index contributed by atoms with van der Waals surface area (Å²) in [5.41, 5.74) is 6.28. The molecule has 2 aromatic carbocycles. The molecule has 150 valence electrons. The van der Waals surface area contributed by atoms with E-state index in [1.54, 1.807) is 18.4 Å². The van der Waals surface area contributed by atoms with Gasteiger partial charge in [-0.1, -0.05) is 11.3 Å². The zero-order chi connectivity index (χ0) is 20.0. The molecule has 0 saturated heterocycles. The molecule has 0 atom stereocenters. The number of aliphatic hydroxyl groups is 1. The number of benzene rings is 2. The maximum atomic E-state index is 9.00. The molecular formula is C22H24N4O2S. The van der Waals surface area contributed by atoms with Crippen molar-refractivity contribution in [2.75, 3.05) is 37.0 Å². The van der Waals surface area contributed by atoms with Crippen LogP contribution in [0.1, 0.15) is 11.3 Å². The van der Waals surface area contributed by atoms with Gasteiger partial charge in [0, 0.05) is 61.0 Å². The summed E-state index contributed by atoms with van der Waals surface area (Å²) in [5, 5.41) is 14.3. The van der Waals surface area contributed by atoms with Crippen molar-refractivity contribution in [2.24, 2.45) is 7.05 Å². The summed E-state index contributed by atoms with van der Waals surface area (Å²) in [5.74, 6) is 0.900. The molecule has 2 N–H and O–H groups in total. The summed E-state index contributed by atoms with van der Waals surface area (Å²) in [6, 6.07) is 12.8. The van der Waals surface area contributed by atoms with Gasteiger partial charge in [-0.3, -0.25) is 0 Å². The summed E-state index contributed by atoms with van der Waals surface area (Å²) in [6.07, 6.45) is 1.02. The summed E-state index contributed by atoms with van der Waals surface area (Å²) in [4.78, 5) is 7.04. The number of thiazole rings is 1. The van der Waals surface area contributed by atoms with Crippen molar-refractivity contribution >= 4 is 43.3 Å². The predicted octanol–water partition coefficient (Wildman–Crippen LogP) is 3.76. The molecule has 0 saturated carbocycles. The van der Waals surface area contributed by atoms with Crippen LogP contribution in [0.25, 0.3) is 21.1 Å². The van der Waals surface area contributed by atoms with Crippen LogP contribution in [0, 0.1) is 0 Å². The lowest BCUT2D eigenvalue weighted by Crippen LogP contribution is -2.30. The number of ether oxygens (including phenoxy) is 1. The van der Waals surface area contributed by atoms with E-state index in [0.29, 0.717) is 6.54 Å². The molecule has 3 heterocycles. The molecule has 6 nitrogen and oxygen atoms in total. The van der Waals surface area contributed by atoms with E-state index in [1.165, 1.54) is 27.8 Å². The molecule has 7 heteroatoms. The Kier molecular flexibility index (Phi) is 4.56. The van der Waals surface area contributed by atoms with Crippen molar-refractivity contribution in [1.29, 1.82) is 0 Å². The Labute approximate surface area is 173 Å². The van der Waals surface area contributed by atoms with Gasteiger partial charge in [0.05, 0.1) is 23.9 Å². The molecule has 1 aliphatic rings. The summed E-state index contributed by atoms with van der Waals surface area (Å²) in [6.45, 7) is 2.51. The molecule has 29 heavy (non-hydrogen) atoms. The number of aromatic nitrogens is 2. The third kappa shape index (κ3) is 3.10. The van der Waals surface area contributed by atoms with Crippen molar-refractivity contribution in [3.05, 3.63) is 47.7 Å². The lowest BCUT2D eigenvalue weighted by atomic mass is 10.0. The second-order valence-electron chi connectivity index (χ2n) is 7.36. The maximum absolute atomic E-state index is 9.00. The third-order valence-electron chi connectivity index (χ3n) is 5.74. The molecule has 0 aliphatic carbocycles. The SMILES string of the molecule is COc1ccc2c(c1)c1c(n2C)CCN(c2ccc3nc(NCCO)sc3c2)C1. The Hall–Kier alpha value is -2.77. The van der Waals surface area contributed by atoms with Crippen LogP contribution in [-0.4, -0.2) is 41.5 Å². The number of nitrogens with zero attached hydrogens (tertiary/aromatic N) is 3. The van der Waals surface area contributed by atoms with E-state index in [-0.39, 0.29) is 6.61 Å². The fourth-order valence-electron chi connectivity index (χ4n) is 4.25. The van der Waals surface area contributed by atoms with E-state index < -0.39 is 0 Å². The Bertz CT molecular complexity index is 1200. The first-order valence-corrected chi connectivity index (χ1v) is 10.6. The van der Waals surface area contributed by atoms with Gasteiger partial charge in [-0.15, -0.1) is 0 Å². The molecule has 0 fully saturated rings. The molecule has 4 aromatic rings. The number of methoxy groups -OCH3 is 1. The molecule has 1 aliphatic heterocycles. The Morgan fingerprint density at radius 3 is 2.97 bits per heavy atom. The summed E-state index contributed by atoms with van der Waals surface area (Å²) in [7, 11) is 3.88. The van der Waals surface area contributed by atoms with E-state index >= 15 is 0 Å². The van der Waals surface area contributed by atoms with Crippen LogP contribution in [-0.2, 0) is 20.0 Å². The number of hydrogen-bond acceptors (Lipinski definition) is 6. The zero-order valence-electron chi connectivity index (χ0n) is 16.6. The molecule has 5 rings (SSSR count). The number of nitrogens with one attached hydrogen (secondary N) is 1. The first-order chi connectivity index (χ1) is 14.2. The van der Waals surface area contributed by atoms with Crippen LogP contribution < -0.4 is 15.0 Å². The minimum Gasteiger partial charge on any atom is -0.497 e. The largest absolute Gasteiger partial charge is 0.497 e. The highest BCUT2D eigenvalue weighted by atomic mass is 32.1. The number of aliphatic hydroxyl groups excluding tert-OH is 1. The smallest absolute Gasteiger partial charge is 0.183 e. The van der Waals surface area contributed by atoms with E-state index in [1.807, 2.05) is 6.07 Å². The highest BCUT2D eigenvalue weighted by Crippen LogP contribution is 2.36. The molecular weight excluding hydrogens is 384 g/mol. The Morgan fingerprint density at radius 2 is 2.14 bits per heavy atom. The average molecular weight is 409 g/mol. The van der Waals surface area contributed by atoms with Gasteiger partial charge in [0.2, 0.25) is 0 Å². The van der Waals surface area contributed by atoms with E-state index in [0.717, 1.165) is 40.6 Å². The molecule has 0 bridgehead atoms. The molecule has 0 amide bonds. The zero-order valence-corrected chi connectivity index (χ0v) is 17.4. The lowest BCUT2D eigenvalue weighted by Gasteiger charge is -2.30. The number of fused-ring (bicyclic) bond motifs is 4. The fraction of sp³-hybridized carbons (Fsp3) is 0.318. The van der Waals surface area contributed by atoms with Crippen molar-refractivity contribution < 1.29 is 9.84 Å². The van der Waals surface area contributed by atoms with Gasteiger partial charge >= 0.3 is 0 Å². The van der Waals surface area contributed by atoms with Crippen LogP contribution in [0.4, 0.5) is 10.8 Å². The Balaban J connectivity index is 1.49. The average Bonchev–Trinajstić information content (AvgIpc) is 3.29. The standard InChI is InChI=1S/C22H24N4O2S/c1-25-19-6-4-15(28-2)12-16(19)17-13-26(9-7-20(17)25)14-3-5-18-21(11-14)29-22(24-18)23-8-10-27/h3-6,11-12,27H,7-10,13H2,1-2H3,(H,23,24). The normalized spacial score (nSPS) is 13.8. The van der Waals surface area contributed by atoms with E-state index in [4.69, 9.17) is 9.84 Å². The van der Waals surface area contributed by atoms with Gasteiger partial charge in [-0.05, 0) is 36.4 Å². The van der Waals surface area contributed by atoms with Gasteiger partial charge < -0.3 is 24.6 Å². The van der Waals surface area contributed by atoms with E-state index in [9.17, 15) is 0 Å². The van der Waals surface area contributed by atoms with Gasteiger partial charge in [0.1, 0.15) is 5.75 Å². The first-order valence-electron chi connectivity index (χ1n) is 9.82. The van der Waals surface area contributed by atoms with Crippen molar-refractivity contribution in [1.82, 2.24) is 9.55 Å². The van der Waals surface area contributed by atoms with Crippen molar-refractivity contribution in [3.8, 4) is 5.75 Å². The first kappa shape index (κ1) is 18.3. The highest BCUT2D eigenvalue weighted by molar-refractivity contribution is 7.22. The number of hydrogen-bond donors (Lipinski definition) is 2. The lowest BCUT2D eigenvalue weighted by molar-refractivity contribution is 0.311. The van der Waals surface area contributed by atoms with Crippen LogP contribution in [0.2, 0.25) is 0 Å². The third-order valence-corrected chi connectivity index (χ3v) is 6.71. The van der Waals surface area contributed by atoms with Gasteiger partial charge in [0.15, 0.2) is 5.13 Å². The molecule has 0 radical (unpaired) electrons. The monoisotopic (exact) mass is 408 g/mol. The fourth-order valence-corrected chi connectivity index (χ4v) is 5.18. The topological polar surface area (TPSA) is 62.5 Å². The van der Waals surface area contributed by atoms with Crippen LogP contribution in [0.15, 0.2) is 36.4 Å². The summed E-state index contributed by atoms with van der Waals surface area (Å²) >= 11 is 1.63. The number of rotatable bonds is 5. The number of anilines is 2. The molecule has 2 aromatic heterocycles. The minimum atomic E-state index is 0.104. The van der Waals surface area contributed by atoms with Crippen LogP contribution >= 0.6 is 11.3 Å². The van der Waals surface area contributed by atoms with Gasteiger partial charge in [-0.25, -0.2) is 4.98 Å². The highest BCUT2D eigenvalue weighted by Gasteiger charge is 2.23. The predicted molar refractivity (Wildman–Crippen MR) is 119 cm³/mol. The summed E-state index contributed by atoms with van der Waals surface area (Å²) < 4.78 is 8.95. The molecule has 0 unspecified atom stereocenters. The van der Waals surface area contributed by atoms with Crippen LogP contribution in [0.3, 0.4) is 0 Å². The second-order valence-corrected chi connectivity index (χ2v) is 8.39. The maximum Gasteiger partial charge on any atom is 0.183 e. The van der Waals surface area contributed by atoms with Crippen molar-refractivity contribution in [2.45, 2.75) is 13.0 Å². The van der Waals surface area contributed by atoms with Gasteiger partial charge in [0.25, 0.3) is 0 Å². The minimum absolute atomic E-state index is 0.104. The molecule has 0 spiro atoms. The quantitative estimate of drug-likeness (QED) is 0.526. The second kappa shape index (κ2) is 7.24. The van der Waals surface area contributed by atoms with Crippen LogP contribution in [0.5, 0.6) is 5.75 Å². The van der Waals surface area contributed by atoms with Gasteiger partial charge in [-0.2, -0.15) is 0 Å². The van der Waals surface area contributed by atoms with E-state index in [2.05, 4.69) is 57.1 Å². The van der Waals surface area contributed by atoms with Crippen molar-refractivity contribution in [3.63, 3.8) is 0 Å².